The van der Waals surface area contributed by atoms with Crippen LogP contribution in [-0.2, 0) is 32.4 Å². The van der Waals surface area contributed by atoms with E-state index in [0.29, 0.717) is 0 Å². The van der Waals surface area contributed by atoms with Crippen LogP contribution in [-0.4, -0.2) is 20.5 Å². The minimum Gasteiger partial charge on any atom is -0.765 e. The normalized spacial score (nSPS) is 17.6. The van der Waals surface area contributed by atoms with Crippen LogP contribution in [0, 0.1) is 0 Å². The minimum atomic E-state index is -4.26. The van der Waals surface area contributed by atoms with Gasteiger partial charge in [0.1, 0.15) is 36.6 Å². The molecule has 0 fully saturated rings. The highest BCUT2D eigenvalue weighted by Crippen LogP contribution is 2.52. The topological polar surface area (TPSA) is 186 Å². The number of rotatable bonds is 8. The molecule has 0 aliphatic carbocycles. The standard InChI is InChI=1S/C11H12N2O4P2.C9H14N4O4P2/c14-18(15,12-7-3-1-4-8-12)11-19(16,17)13-9-5-2-6-10-13;1-10-3-5-12(7-10)18(14,15)9-19(16,17)13-6-4-11(2)8-13/h1-10H,11H2;3-8H,9H2,1-2H3. The monoisotopic (exact) mass is 602 g/mol. The van der Waals surface area contributed by atoms with Crippen LogP contribution in [0.4, 0.5) is 0 Å². The average Bonchev–Trinajstić information content (AvgIpc) is 3.49. The molecular formula is C20H26N6O8P4. The summed E-state index contributed by atoms with van der Waals surface area (Å²) in [4.78, 5) is 48.1. The van der Waals surface area contributed by atoms with Crippen molar-refractivity contribution in [1.82, 2.24) is 8.68 Å². The zero-order chi connectivity index (χ0) is 28.2. The smallest absolute Gasteiger partial charge is 0.278 e. The molecule has 0 amide bonds. The van der Waals surface area contributed by atoms with Crippen molar-refractivity contribution in [3.63, 3.8) is 0 Å². The van der Waals surface area contributed by atoms with E-state index in [1.165, 1.54) is 95.6 Å². The van der Waals surface area contributed by atoms with Gasteiger partial charge in [-0.2, -0.15) is 8.68 Å². The summed E-state index contributed by atoms with van der Waals surface area (Å²) < 4.78 is 54.8. The fourth-order valence-electron chi connectivity index (χ4n) is 3.16. The van der Waals surface area contributed by atoms with Gasteiger partial charge in [0.25, 0.3) is 15.0 Å². The maximum Gasteiger partial charge on any atom is 0.278 e. The van der Waals surface area contributed by atoms with Crippen molar-refractivity contribution >= 4 is 30.1 Å². The molecule has 0 aromatic carbocycles. The molecule has 0 aliphatic heterocycles. The molecule has 4 aromatic heterocycles. The first-order valence-electron chi connectivity index (χ1n) is 10.9. The zero-order valence-electron chi connectivity index (χ0n) is 20.4. The van der Waals surface area contributed by atoms with E-state index < -0.39 is 41.9 Å². The van der Waals surface area contributed by atoms with Gasteiger partial charge in [0.15, 0.2) is 39.8 Å². The summed E-state index contributed by atoms with van der Waals surface area (Å²) in [6.45, 7) is 0. The van der Waals surface area contributed by atoms with E-state index in [0.717, 1.165) is 17.4 Å². The highest BCUT2D eigenvalue weighted by molar-refractivity contribution is 7.72. The van der Waals surface area contributed by atoms with Crippen LogP contribution in [0.1, 0.15) is 0 Å². The summed E-state index contributed by atoms with van der Waals surface area (Å²) in [5.41, 5.74) is 0. The largest absolute Gasteiger partial charge is 0.765 e. The lowest BCUT2D eigenvalue weighted by atomic mass is 10.5. The number of nitrogens with zero attached hydrogens (tertiary/aromatic N) is 6. The molecule has 14 nitrogen and oxygen atoms in total. The molecule has 4 aromatic rings. The van der Waals surface area contributed by atoms with Crippen LogP contribution in [0.5, 0.6) is 0 Å². The Hall–Kier alpha value is -2.52. The first-order valence-corrected chi connectivity index (χ1v) is 17.9. The number of hydrogen-bond acceptors (Lipinski definition) is 8. The van der Waals surface area contributed by atoms with E-state index in [1.807, 2.05) is 0 Å². The SMILES string of the molecule is C[n+]1ccn(P(=O)([O-])CP(=O)([O-])n2cc[n+](C)c2)c1.O=P([O-])(CP(=O)([O-])[n+]1ccccc1)[n+]1ccccc1. The van der Waals surface area contributed by atoms with Crippen LogP contribution in [0.3, 0.4) is 0 Å². The van der Waals surface area contributed by atoms with Crippen molar-refractivity contribution in [1.29, 1.82) is 0 Å². The Balaban J connectivity index is 0.000000211. The van der Waals surface area contributed by atoms with Crippen LogP contribution >= 0.6 is 30.1 Å². The Morgan fingerprint density at radius 2 is 0.895 bits per heavy atom. The van der Waals surface area contributed by atoms with Crippen molar-refractivity contribution in [2.75, 3.05) is 11.8 Å². The summed E-state index contributed by atoms with van der Waals surface area (Å²) in [5.74, 6) is -1.88. The average molecular weight is 602 g/mol. The Labute approximate surface area is 219 Å². The van der Waals surface area contributed by atoms with Crippen molar-refractivity contribution in [3.8, 4) is 0 Å². The van der Waals surface area contributed by atoms with Gasteiger partial charge in [-0.1, -0.05) is 12.1 Å². The van der Waals surface area contributed by atoms with Gasteiger partial charge < -0.3 is 19.6 Å². The lowest BCUT2D eigenvalue weighted by Gasteiger charge is -2.26. The van der Waals surface area contributed by atoms with Gasteiger partial charge in [0.05, 0.1) is 14.1 Å². The number of aryl methyl sites for hydroxylation is 2. The van der Waals surface area contributed by atoms with Crippen molar-refractivity contribution < 1.29 is 55.6 Å². The van der Waals surface area contributed by atoms with E-state index >= 15 is 0 Å². The fraction of sp³-hybridized carbons (Fsp3) is 0.200. The first kappa shape index (κ1) is 30.0. The Morgan fingerprint density at radius 1 is 0.553 bits per heavy atom. The molecule has 0 spiro atoms. The lowest BCUT2D eigenvalue weighted by molar-refractivity contribution is -0.670. The third kappa shape index (κ3) is 7.76. The molecule has 4 rings (SSSR count). The molecule has 38 heavy (non-hydrogen) atoms. The number of pyridine rings is 2. The molecule has 0 aliphatic rings. The molecule has 4 atom stereocenters. The number of aromatic nitrogens is 6. The van der Waals surface area contributed by atoms with Crippen molar-refractivity contribution in [2.24, 2.45) is 14.1 Å². The van der Waals surface area contributed by atoms with E-state index in [-0.39, 0.29) is 0 Å². The number of hydrogen-bond donors (Lipinski definition) is 0. The number of imidazole rings is 2. The summed E-state index contributed by atoms with van der Waals surface area (Å²) in [6.07, 6.45) is 13.5. The second-order valence-corrected chi connectivity index (χ2v) is 17.5. The highest BCUT2D eigenvalue weighted by atomic mass is 31.2. The first-order chi connectivity index (χ1) is 17.6. The van der Waals surface area contributed by atoms with Crippen LogP contribution in [0.2, 0.25) is 0 Å². The van der Waals surface area contributed by atoms with E-state index in [4.69, 9.17) is 0 Å². The molecule has 0 bridgehead atoms. The van der Waals surface area contributed by atoms with E-state index in [2.05, 4.69) is 0 Å². The molecule has 0 N–H and O–H groups in total. The fourth-order valence-corrected chi connectivity index (χ4v) is 11.4. The van der Waals surface area contributed by atoms with Gasteiger partial charge in [-0.25, -0.2) is 17.8 Å². The molecule has 204 valence electrons. The van der Waals surface area contributed by atoms with Crippen LogP contribution in [0.25, 0.3) is 0 Å². The molecule has 4 unspecified atom stereocenters. The van der Waals surface area contributed by atoms with Crippen molar-refractivity contribution in [2.45, 2.75) is 0 Å². The van der Waals surface area contributed by atoms with Gasteiger partial charge >= 0.3 is 0 Å². The maximum absolute atomic E-state index is 12.0. The third-order valence-electron chi connectivity index (χ3n) is 5.03. The van der Waals surface area contributed by atoms with Gasteiger partial charge in [-0.3, -0.25) is 18.3 Å². The molecule has 0 radical (unpaired) electrons. The molecule has 0 saturated carbocycles. The second kappa shape index (κ2) is 11.7. The van der Waals surface area contributed by atoms with E-state index in [9.17, 15) is 37.8 Å². The Bertz CT molecular complexity index is 1460. The van der Waals surface area contributed by atoms with E-state index in [1.54, 1.807) is 26.2 Å². The summed E-state index contributed by atoms with van der Waals surface area (Å²) >= 11 is 0. The second-order valence-electron chi connectivity index (χ2n) is 8.26. The minimum absolute atomic E-state index is 0.918. The predicted octanol–water partition coefficient (Wildman–Crippen LogP) is -1.88. The lowest BCUT2D eigenvalue weighted by Crippen LogP contribution is -2.43. The van der Waals surface area contributed by atoms with Gasteiger partial charge in [-0.15, -0.1) is 0 Å². The highest BCUT2D eigenvalue weighted by Gasteiger charge is 2.32. The van der Waals surface area contributed by atoms with Crippen molar-refractivity contribution in [3.05, 3.63) is 98.6 Å². The van der Waals surface area contributed by atoms with Gasteiger partial charge in [0.2, 0.25) is 12.7 Å². The molecule has 4 heterocycles. The summed E-state index contributed by atoms with van der Waals surface area (Å²) in [6, 6.07) is 9.40. The van der Waals surface area contributed by atoms with Crippen LogP contribution < -0.4 is 37.4 Å². The molecular weight excluding hydrogens is 576 g/mol. The maximum atomic E-state index is 12.0. The quantitative estimate of drug-likeness (QED) is 0.166. The van der Waals surface area contributed by atoms with Gasteiger partial charge in [-0.05, 0) is 0 Å². The molecule has 18 heteroatoms. The molecule has 0 saturated heterocycles. The Morgan fingerprint density at radius 3 is 1.18 bits per heavy atom. The summed E-state index contributed by atoms with van der Waals surface area (Å²) in [7, 11) is -13.7. The van der Waals surface area contributed by atoms with Crippen LogP contribution in [0.15, 0.2) is 98.6 Å². The Kier molecular flexibility index (Phi) is 9.24. The zero-order valence-corrected chi connectivity index (χ0v) is 24.0. The van der Waals surface area contributed by atoms with Gasteiger partial charge in [0, 0.05) is 24.3 Å². The third-order valence-corrected chi connectivity index (χ3v) is 14.6. The predicted molar refractivity (Wildman–Crippen MR) is 126 cm³/mol. The summed E-state index contributed by atoms with van der Waals surface area (Å²) in [5, 5.41) is 0.